The Bertz CT molecular complexity index is 1010. The van der Waals surface area contributed by atoms with Crippen molar-refractivity contribution in [3.05, 3.63) is 57.6 Å². The van der Waals surface area contributed by atoms with Crippen LogP contribution in [0.1, 0.15) is 43.1 Å². The van der Waals surface area contributed by atoms with E-state index in [4.69, 9.17) is 9.47 Å². The van der Waals surface area contributed by atoms with E-state index < -0.39 is 10.8 Å². The number of nitrogens with zero attached hydrogens (tertiary/aromatic N) is 1. The second-order valence-electron chi connectivity index (χ2n) is 7.88. The highest BCUT2D eigenvalue weighted by Crippen LogP contribution is 2.31. The normalized spacial score (nSPS) is 10.6. The van der Waals surface area contributed by atoms with Gasteiger partial charge in [0, 0.05) is 24.7 Å². The highest BCUT2D eigenvalue weighted by Gasteiger charge is 2.18. The van der Waals surface area contributed by atoms with Crippen molar-refractivity contribution in [3.63, 3.8) is 0 Å². The number of thioether (sulfide) groups is 1. The van der Waals surface area contributed by atoms with Crippen molar-refractivity contribution in [2.24, 2.45) is 5.92 Å². The van der Waals surface area contributed by atoms with Gasteiger partial charge in [-0.25, -0.2) is 0 Å². The number of amides is 2. The lowest BCUT2D eigenvalue weighted by Gasteiger charge is -2.13. The number of hydrogen-bond donors (Lipinski definition) is 2. The van der Waals surface area contributed by atoms with Crippen molar-refractivity contribution in [2.75, 3.05) is 26.0 Å². The van der Waals surface area contributed by atoms with Gasteiger partial charge >= 0.3 is 0 Å². The van der Waals surface area contributed by atoms with Gasteiger partial charge in [-0.1, -0.05) is 19.9 Å². The van der Waals surface area contributed by atoms with Gasteiger partial charge in [-0.05, 0) is 54.8 Å². The summed E-state index contributed by atoms with van der Waals surface area (Å²) in [7, 11) is 1.48. The van der Waals surface area contributed by atoms with Crippen molar-refractivity contribution >= 4 is 29.3 Å². The molecule has 9 nitrogen and oxygen atoms in total. The summed E-state index contributed by atoms with van der Waals surface area (Å²) in [6.07, 6.45) is 0.948. The Hall–Kier alpha value is -3.27. The van der Waals surface area contributed by atoms with Crippen molar-refractivity contribution in [1.82, 2.24) is 10.6 Å². The summed E-state index contributed by atoms with van der Waals surface area (Å²) in [5, 5.41) is 16.9. The number of likely N-dealkylation sites (N-methyl/N-ethyl adjacent to an activating group) is 1. The van der Waals surface area contributed by atoms with E-state index >= 15 is 0 Å². The molecule has 0 heterocycles. The largest absolute Gasteiger partial charge is 0.493 e. The van der Waals surface area contributed by atoms with Crippen LogP contribution in [0.4, 0.5) is 5.69 Å². The van der Waals surface area contributed by atoms with Crippen molar-refractivity contribution in [3.8, 4) is 11.5 Å². The molecule has 0 aliphatic carbocycles. The van der Waals surface area contributed by atoms with Crippen LogP contribution in [0, 0.1) is 16.0 Å². The lowest BCUT2D eigenvalue weighted by molar-refractivity contribution is -0.387. The molecule has 2 amide bonds. The van der Waals surface area contributed by atoms with E-state index in [0.717, 1.165) is 17.7 Å². The minimum atomic E-state index is -0.459. The standard InChI is InChI=1S/C24H31N3O6S/c1-5-25-23(28)15-33-20-8-6-17(12-21(20)32-4)14-26-24(29)18-7-9-22(19(13-18)27(30)31)34-11-10-16(2)3/h6-9,12-13,16H,5,10-11,14-15H2,1-4H3,(H,25,28)(H,26,29). The Labute approximate surface area is 203 Å². The van der Waals surface area contributed by atoms with Crippen molar-refractivity contribution in [1.29, 1.82) is 0 Å². The SMILES string of the molecule is CCNC(=O)COc1ccc(CNC(=O)c2ccc(SCCC(C)C)c([N+](=O)[O-])c2)cc1OC. The zero-order valence-corrected chi connectivity index (χ0v) is 20.7. The van der Waals surface area contributed by atoms with Crippen LogP contribution >= 0.6 is 11.8 Å². The first-order valence-electron chi connectivity index (χ1n) is 11.0. The fraction of sp³-hybridized carbons (Fsp3) is 0.417. The Balaban J connectivity index is 2.03. The van der Waals surface area contributed by atoms with E-state index in [2.05, 4.69) is 24.5 Å². The number of nitro benzene ring substituents is 1. The molecule has 10 heteroatoms. The molecule has 0 atom stereocenters. The van der Waals surface area contributed by atoms with Gasteiger partial charge in [-0.2, -0.15) is 0 Å². The molecule has 34 heavy (non-hydrogen) atoms. The van der Waals surface area contributed by atoms with Crippen molar-refractivity contribution in [2.45, 2.75) is 38.6 Å². The fourth-order valence-corrected chi connectivity index (χ4v) is 4.20. The minimum Gasteiger partial charge on any atom is -0.493 e. The average Bonchev–Trinajstić information content (AvgIpc) is 2.81. The predicted octanol–water partition coefficient (Wildman–Crippen LogP) is 4.19. The fourth-order valence-electron chi connectivity index (χ4n) is 2.95. The first-order chi connectivity index (χ1) is 16.2. The number of nitrogens with one attached hydrogen (secondary N) is 2. The molecule has 0 aliphatic rings. The van der Waals surface area contributed by atoms with Gasteiger partial charge in [-0.15, -0.1) is 11.8 Å². The van der Waals surface area contributed by atoms with Crippen LogP contribution in [0.15, 0.2) is 41.3 Å². The number of benzene rings is 2. The molecule has 0 saturated carbocycles. The zero-order valence-electron chi connectivity index (χ0n) is 19.9. The van der Waals surface area contributed by atoms with Crippen LogP contribution in [-0.2, 0) is 11.3 Å². The topological polar surface area (TPSA) is 120 Å². The Morgan fingerprint density at radius 1 is 1.12 bits per heavy atom. The summed E-state index contributed by atoms with van der Waals surface area (Å²) < 4.78 is 10.8. The van der Waals surface area contributed by atoms with E-state index in [0.29, 0.717) is 28.9 Å². The lowest BCUT2D eigenvalue weighted by Crippen LogP contribution is -2.28. The third-order valence-electron chi connectivity index (χ3n) is 4.78. The highest BCUT2D eigenvalue weighted by molar-refractivity contribution is 7.99. The summed E-state index contributed by atoms with van der Waals surface area (Å²) in [6.45, 7) is 6.59. The number of carbonyl (C=O) groups excluding carboxylic acids is 2. The van der Waals surface area contributed by atoms with Crippen LogP contribution in [0.5, 0.6) is 11.5 Å². The smallest absolute Gasteiger partial charge is 0.283 e. The van der Waals surface area contributed by atoms with E-state index in [-0.39, 0.29) is 30.3 Å². The van der Waals surface area contributed by atoms with E-state index in [1.807, 2.05) is 6.92 Å². The molecule has 2 rings (SSSR count). The average molecular weight is 490 g/mol. The second kappa shape index (κ2) is 13.4. The minimum absolute atomic E-state index is 0.0725. The predicted molar refractivity (Wildman–Crippen MR) is 132 cm³/mol. The van der Waals surface area contributed by atoms with Crippen molar-refractivity contribution < 1.29 is 24.0 Å². The summed E-state index contributed by atoms with van der Waals surface area (Å²) in [5.41, 5.74) is 0.886. The van der Waals surface area contributed by atoms with Crippen LogP contribution < -0.4 is 20.1 Å². The van der Waals surface area contributed by atoms with Gasteiger partial charge in [0.05, 0.1) is 16.9 Å². The summed E-state index contributed by atoms with van der Waals surface area (Å²) >= 11 is 1.42. The molecule has 0 bridgehead atoms. The third-order valence-corrected chi connectivity index (χ3v) is 5.88. The van der Waals surface area contributed by atoms with E-state index in [9.17, 15) is 19.7 Å². The molecule has 2 aromatic carbocycles. The molecular formula is C24H31N3O6S. The molecule has 184 valence electrons. The third kappa shape index (κ3) is 8.26. The molecule has 2 aromatic rings. The molecular weight excluding hydrogens is 458 g/mol. The Kier molecular flexibility index (Phi) is 10.7. The molecule has 0 aliphatic heterocycles. The van der Waals surface area contributed by atoms with Gasteiger partial charge in [0.15, 0.2) is 18.1 Å². The maximum absolute atomic E-state index is 12.6. The van der Waals surface area contributed by atoms with Crippen LogP contribution in [-0.4, -0.2) is 42.8 Å². The number of nitro groups is 1. The van der Waals surface area contributed by atoms with Gasteiger partial charge < -0.3 is 20.1 Å². The number of methoxy groups -OCH3 is 1. The Morgan fingerprint density at radius 2 is 1.88 bits per heavy atom. The molecule has 0 spiro atoms. The molecule has 0 radical (unpaired) electrons. The number of carbonyl (C=O) groups is 2. The summed E-state index contributed by atoms with van der Waals surface area (Å²) in [5.74, 6) is 1.46. The number of ether oxygens (including phenoxy) is 2. The van der Waals surface area contributed by atoms with Gasteiger partial charge in [0.25, 0.3) is 17.5 Å². The maximum Gasteiger partial charge on any atom is 0.283 e. The van der Waals surface area contributed by atoms with Gasteiger partial charge in [0.1, 0.15) is 0 Å². The zero-order chi connectivity index (χ0) is 25.1. The van der Waals surface area contributed by atoms with Crippen LogP contribution in [0.25, 0.3) is 0 Å². The van der Waals surface area contributed by atoms with Crippen LogP contribution in [0.3, 0.4) is 0 Å². The molecule has 0 saturated heterocycles. The van der Waals surface area contributed by atoms with Gasteiger partial charge in [0.2, 0.25) is 0 Å². The molecule has 2 N–H and O–H groups in total. The summed E-state index contributed by atoms with van der Waals surface area (Å²) in [6, 6.07) is 9.64. The first kappa shape index (κ1) is 27.0. The second-order valence-corrected chi connectivity index (χ2v) is 9.02. The van der Waals surface area contributed by atoms with Crippen LogP contribution in [0.2, 0.25) is 0 Å². The Morgan fingerprint density at radius 3 is 2.53 bits per heavy atom. The summed E-state index contributed by atoms with van der Waals surface area (Å²) in [4.78, 5) is 35.8. The number of hydrogen-bond acceptors (Lipinski definition) is 7. The molecule has 0 fully saturated rings. The molecule has 0 unspecified atom stereocenters. The number of rotatable bonds is 13. The van der Waals surface area contributed by atoms with E-state index in [1.54, 1.807) is 30.3 Å². The first-order valence-corrected chi connectivity index (χ1v) is 12.0. The quantitative estimate of drug-likeness (QED) is 0.246. The van der Waals surface area contributed by atoms with E-state index in [1.165, 1.54) is 24.9 Å². The lowest BCUT2D eigenvalue weighted by atomic mass is 10.1. The van der Waals surface area contributed by atoms with Gasteiger partial charge in [-0.3, -0.25) is 19.7 Å². The maximum atomic E-state index is 12.6. The molecule has 0 aromatic heterocycles. The monoisotopic (exact) mass is 489 g/mol. The highest BCUT2D eigenvalue weighted by atomic mass is 32.2.